The van der Waals surface area contributed by atoms with Gasteiger partial charge in [0.05, 0.1) is 13.1 Å². The van der Waals surface area contributed by atoms with Crippen LogP contribution in [-0.2, 0) is 24.9 Å². The van der Waals surface area contributed by atoms with Gasteiger partial charge in [-0.2, -0.15) is 0 Å². The second-order valence-corrected chi connectivity index (χ2v) is 6.77. The highest BCUT2D eigenvalue weighted by Gasteiger charge is 2.20. The quantitative estimate of drug-likeness (QED) is 0.618. The van der Waals surface area contributed by atoms with Crippen LogP contribution < -0.4 is 11.2 Å². The predicted molar refractivity (Wildman–Crippen MR) is 97.9 cm³/mol. The fraction of sp³-hybridized carbons (Fsp3) is 0.294. The topological polar surface area (TPSA) is 78.9 Å². The highest BCUT2D eigenvalue weighted by molar-refractivity contribution is 9.10. The number of aryl methyl sites for hydroxylation is 2. The first-order valence-corrected chi connectivity index (χ1v) is 8.49. The van der Waals surface area contributed by atoms with E-state index in [4.69, 9.17) is 0 Å². The maximum Gasteiger partial charge on any atom is 0.332 e. The zero-order valence-electron chi connectivity index (χ0n) is 14.1. The average molecular weight is 405 g/mol. The second-order valence-electron chi connectivity index (χ2n) is 6.06. The Morgan fingerprint density at radius 1 is 1.24 bits per heavy atom. The normalized spacial score (nSPS) is 11.2. The number of hydrogen-bond acceptors (Lipinski definition) is 4. The molecule has 0 aliphatic rings. The molecule has 0 atom stereocenters. The summed E-state index contributed by atoms with van der Waals surface area (Å²) in [5, 5.41) is 0. The molecule has 2 aromatic heterocycles. The number of halogens is 1. The number of fused-ring (bicyclic) bond motifs is 1. The van der Waals surface area contributed by atoms with Gasteiger partial charge in [0, 0.05) is 7.05 Å². The summed E-state index contributed by atoms with van der Waals surface area (Å²) in [7, 11) is 1.56. The van der Waals surface area contributed by atoms with Crippen molar-refractivity contribution in [2.45, 2.75) is 26.9 Å². The molecule has 8 heteroatoms. The van der Waals surface area contributed by atoms with E-state index in [1.807, 2.05) is 31.2 Å². The van der Waals surface area contributed by atoms with Gasteiger partial charge in [0.25, 0.3) is 5.56 Å². The lowest BCUT2D eigenvalue weighted by Crippen LogP contribution is -2.40. The molecule has 0 unspecified atom stereocenters. The number of nitrogens with zero attached hydrogens (tertiary/aromatic N) is 4. The van der Waals surface area contributed by atoms with Crippen molar-refractivity contribution >= 4 is 32.9 Å². The minimum Gasteiger partial charge on any atom is -0.305 e. The Hall–Kier alpha value is -2.48. The summed E-state index contributed by atoms with van der Waals surface area (Å²) >= 11 is 3.27. The van der Waals surface area contributed by atoms with Gasteiger partial charge < -0.3 is 4.57 Å². The Labute approximate surface area is 151 Å². The van der Waals surface area contributed by atoms with Gasteiger partial charge >= 0.3 is 5.69 Å². The third-order valence-corrected chi connectivity index (χ3v) is 4.60. The van der Waals surface area contributed by atoms with Gasteiger partial charge in [-0.05, 0) is 35.3 Å². The predicted octanol–water partition coefficient (Wildman–Crippen LogP) is 1.60. The van der Waals surface area contributed by atoms with Crippen molar-refractivity contribution in [1.82, 2.24) is 18.7 Å². The third-order valence-electron chi connectivity index (χ3n) is 3.99. The molecular weight excluding hydrogens is 388 g/mol. The highest BCUT2D eigenvalue weighted by atomic mass is 79.9. The Kier molecular flexibility index (Phi) is 4.47. The monoisotopic (exact) mass is 404 g/mol. The van der Waals surface area contributed by atoms with Crippen molar-refractivity contribution < 1.29 is 4.79 Å². The van der Waals surface area contributed by atoms with E-state index in [1.165, 1.54) is 20.6 Å². The fourth-order valence-electron chi connectivity index (χ4n) is 2.84. The number of aromatic nitrogens is 4. The maximum absolute atomic E-state index is 13.0. The van der Waals surface area contributed by atoms with Crippen LogP contribution in [0, 0.1) is 6.92 Å². The van der Waals surface area contributed by atoms with E-state index in [2.05, 4.69) is 20.9 Å². The lowest BCUT2D eigenvalue weighted by Gasteiger charge is -2.10. The molecule has 0 fully saturated rings. The second kappa shape index (κ2) is 6.44. The van der Waals surface area contributed by atoms with Gasteiger partial charge in [0.1, 0.15) is 5.78 Å². The molecule has 0 N–H and O–H groups in total. The Morgan fingerprint density at radius 3 is 2.60 bits per heavy atom. The molecular formula is C17H17BrN4O3. The Balaban J connectivity index is 2.28. The number of benzene rings is 1. The van der Waals surface area contributed by atoms with Crippen molar-refractivity contribution in [2.24, 2.45) is 7.05 Å². The van der Waals surface area contributed by atoms with E-state index < -0.39 is 11.2 Å². The van der Waals surface area contributed by atoms with E-state index in [-0.39, 0.29) is 30.0 Å². The standard InChI is InChI=1S/C17H17BrN4O3/c1-10-5-4-6-12(7-10)9-22-15(24)13-14(20(3)17(22)25)19-16(18)21(13)8-11(2)23/h4-7H,8-9H2,1-3H3. The van der Waals surface area contributed by atoms with Crippen LogP contribution in [0.4, 0.5) is 0 Å². The van der Waals surface area contributed by atoms with Gasteiger partial charge in [-0.1, -0.05) is 29.8 Å². The summed E-state index contributed by atoms with van der Waals surface area (Å²) in [6, 6.07) is 7.63. The molecule has 0 saturated heterocycles. The molecule has 2 heterocycles. The molecule has 25 heavy (non-hydrogen) atoms. The number of ketones is 1. The Morgan fingerprint density at radius 2 is 1.96 bits per heavy atom. The average Bonchev–Trinajstić information content (AvgIpc) is 2.86. The first-order chi connectivity index (χ1) is 11.8. The molecule has 3 aromatic rings. The number of rotatable bonds is 4. The van der Waals surface area contributed by atoms with Crippen molar-refractivity contribution in [1.29, 1.82) is 0 Å². The zero-order valence-corrected chi connectivity index (χ0v) is 15.7. The van der Waals surface area contributed by atoms with E-state index >= 15 is 0 Å². The molecule has 0 amide bonds. The molecule has 1 aromatic carbocycles. The first kappa shape index (κ1) is 17.3. The largest absolute Gasteiger partial charge is 0.332 e. The molecule has 0 saturated carbocycles. The van der Waals surface area contributed by atoms with Gasteiger partial charge in [0.2, 0.25) is 0 Å². The van der Waals surface area contributed by atoms with Gasteiger partial charge in [-0.15, -0.1) is 0 Å². The summed E-state index contributed by atoms with van der Waals surface area (Å²) in [6.07, 6.45) is 0. The van der Waals surface area contributed by atoms with Gasteiger partial charge in [-0.3, -0.25) is 18.7 Å². The van der Waals surface area contributed by atoms with Gasteiger partial charge in [0.15, 0.2) is 15.9 Å². The number of hydrogen-bond donors (Lipinski definition) is 0. The van der Waals surface area contributed by atoms with E-state index in [9.17, 15) is 14.4 Å². The van der Waals surface area contributed by atoms with Crippen LogP contribution in [0.1, 0.15) is 18.1 Å². The van der Waals surface area contributed by atoms with E-state index in [1.54, 1.807) is 7.05 Å². The van der Waals surface area contributed by atoms with Crippen molar-refractivity contribution in [3.63, 3.8) is 0 Å². The van der Waals surface area contributed by atoms with Crippen LogP contribution >= 0.6 is 15.9 Å². The lowest BCUT2D eigenvalue weighted by atomic mass is 10.1. The van der Waals surface area contributed by atoms with Crippen molar-refractivity contribution in [2.75, 3.05) is 0 Å². The molecule has 7 nitrogen and oxygen atoms in total. The number of imidazole rings is 1. The van der Waals surface area contributed by atoms with Crippen LogP contribution in [0.25, 0.3) is 11.2 Å². The van der Waals surface area contributed by atoms with E-state index in [0.29, 0.717) is 4.73 Å². The molecule has 3 rings (SSSR count). The van der Waals surface area contributed by atoms with Crippen LogP contribution in [0.5, 0.6) is 0 Å². The van der Waals surface area contributed by atoms with Crippen LogP contribution in [0.2, 0.25) is 0 Å². The molecule has 0 radical (unpaired) electrons. The summed E-state index contributed by atoms with van der Waals surface area (Å²) in [5.74, 6) is -0.113. The smallest absolute Gasteiger partial charge is 0.305 e. The minimum absolute atomic E-state index is 0.00890. The highest BCUT2D eigenvalue weighted by Crippen LogP contribution is 2.16. The van der Waals surface area contributed by atoms with Crippen molar-refractivity contribution in [3.05, 3.63) is 61.0 Å². The SMILES string of the molecule is CC(=O)Cn1c(Br)nc2c1c(=O)n(Cc1cccc(C)c1)c(=O)n2C. The fourth-order valence-corrected chi connectivity index (χ4v) is 3.32. The van der Waals surface area contributed by atoms with Crippen LogP contribution in [-0.4, -0.2) is 24.5 Å². The molecule has 130 valence electrons. The molecule has 0 aliphatic carbocycles. The number of carbonyl (C=O) groups excluding carboxylic acids is 1. The number of Topliss-reactive ketones (excluding diaryl/α,β-unsaturated/α-hetero) is 1. The van der Waals surface area contributed by atoms with E-state index in [0.717, 1.165) is 11.1 Å². The molecule has 0 aliphatic heterocycles. The first-order valence-electron chi connectivity index (χ1n) is 7.70. The third kappa shape index (κ3) is 3.09. The van der Waals surface area contributed by atoms with Crippen LogP contribution in [0.15, 0.2) is 38.6 Å². The Bertz CT molecular complexity index is 1110. The molecule has 0 bridgehead atoms. The zero-order chi connectivity index (χ0) is 18.3. The number of carbonyl (C=O) groups is 1. The lowest BCUT2D eigenvalue weighted by molar-refractivity contribution is -0.117. The van der Waals surface area contributed by atoms with Gasteiger partial charge in [-0.25, -0.2) is 9.78 Å². The molecule has 0 spiro atoms. The maximum atomic E-state index is 13.0. The van der Waals surface area contributed by atoms with Crippen molar-refractivity contribution in [3.8, 4) is 0 Å². The van der Waals surface area contributed by atoms with Crippen LogP contribution in [0.3, 0.4) is 0 Å². The summed E-state index contributed by atoms with van der Waals surface area (Å²) in [4.78, 5) is 41.4. The summed E-state index contributed by atoms with van der Waals surface area (Å²) < 4.78 is 4.33. The summed E-state index contributed by atoms with van der Waals surface area (Å²) in [6.45, 7) is 3.55. The summed E-state index contributed by atoms with van der Waals surface area (Å²) in [5.41, 5.74) is 1.49. The minimum atomic E-state index is -0.459.